The van der Waals surface area contributed by atoms with Crippen LogP contribution in [0.5, 0.6) is 5.75 Å². The van der Waals surface area contributed by atoms with Crippen LogP contribution in [0.2, 0.25) is 10.0 Å². The highest BCUT2D eigenvalue weighted by molar-refractivity contribution is 6.42. The van der Waals surface area contributed by atoms with Crippen LogP contribution in [0.15, 0.2) is 42.5 Å². The largest absolute Gasteiger partial charge is 0.494 e. The number of benzene rings is 2. The number of hydrogen-bond donors (Lipinski definition) is 3. The van der Waals surface area contributed by atoms with Crippen molar-refractivity contribution in [3.63, 3.8) is 0 Å². The van der Waals surface area contributed by atoms with Gasteiger partial charge in [0.15, 0.2) is 0 Å². The molecule has 1 fully saturated rings. The molecule has 2 amide bonds. The summed E-state index contributed by atoms with van der Waals surface area (Å²) in [6.45, 7) is 4.57. The monoisotopic (exact) mass is 563 g/mol. The first-order valence-corrected chi connectivity index (χ1v) is 13.9. The average Bonchev–Trinajstić information content (AvgIpc) is 3.33. The molecule has 1 saturated heterocycles. The fourth-order valence-corrected chi connectivity index (χ4v) is 4.68. The lowest BCUT2D eigenvalue weighted by molar-refractivity contribution is -0.123. The molecule has 4 N–H and O–H groups in total. The fraction of sp³-hybridized carbons (Fsp3) is 0.500. The van der Waals surface area contributed by atoms with Crippen LogP contribution in [0, 0.1) is 0 Å². The highest BCUT2D eigenvalue weighted by atomic mass is 35.5. The van der Waals surface area contributed by atoms with Gasteiger partial charge in [-0.3, -0.25) is 14.5 Å². The van der Waals surface area contributed by atoms with Crippen LogP contribution in [-0.4, -0.2) is 80.6 Å². The Balaban J connectivity index is 1.48. The number of likely N-dealkylation sites (tertiary alicyclic amines) is 1. The zero-order valence-electron chi connectivity index (χ0n) is 22.2. The molecule has 2 atom stereocenters. The predicted octanol–water partition coefficient (Wildman–Crippen LogP) is 3.55. The smallest absolute Gasteiger partial charge is 0.251 e. The maximum absolute atomic E-state index is 13.1. The third-order valence-electron chi connectivity index (χ3n) is 6.47. The van der Waals surface area contributed by atoms with Gasteiger partial charge in [0.1, 0.15) is 11.8 Å². The van der Waals surface area contributed by atoms with Crippen LogP contribution in [-0.2, 0) is 11.3 Å². The number of carbonyl (C=O) groups excluding carboxylic acids is 2. The van der Waals surface area contributed by atoms with Crippen LogP contribution in [0.25, 0.3) is 0 Å². The molecule has 38 heavy (non-hydrogen) atoms. The molecule has 1 aliphatic heterocycles. The standard InChI is InChI=1S/C28H39Cl2N5O3/c1-34(2)14-4-16-38-23-9-6-20(7-10-23)18-35-15-12-22(19-35)32-28(37)26(5-3-13-31)33-27(36)21-8-11-24(29)25(30)17-21/h6-11,17,22,26H,3-5,12-16,18-19,31H2,1-2H3,(H,32,37)(H,33,36)/t22-,26-/m0/s1. The molecule has 8 nitrogen and oxygen atoms in total. The Bertz CT molecular complexity index is 1050. The van der Waals surface area contributed by atoms with Gasteiger partial charge in [-0.25, -0.2) is 0 Å². The first-order valence-electron chi connectivity index (χ1n) is 13.1. The molecule has 0 aliphatic carbocycles. The van der Waals surface area contributed by atoms with Crippen LogP contribution in [0.4, 0.5) is 0 Å². The summed E-state index contributed by atoms with van der Waals surface area (Å²) in [5, 5.41) is 6.61. The van der Waals surface area contributed by atoms with Crippen LogP contribution >= 0.6 is 23.2 Å². The van der Waals surface area contributed by atoms with Gasteiger partial charge in [0.05, 0.1) is 16.7 Å². The molecular weight excluding hydrogens is 525 g/mol. The summed E-state index contributed by atoms with van der Waals surface area (Å²) >= 11 is 12.0. The first kappa shape index (κ1) is 30.2. The zero-order chi connectivity index (χ0) is 27.5. The second-order valence-electron chi connectivity index (χ2n) is 9.96. The molecule has 2 aromatic carbocycles. The zero-order valence-corrected chi connectivity index (χ0v) is 23.7. The third-order valence-corrected chi connectivity index (χ3v) is 7.21. The number of nitrogens with two attached hydrogens (primary N) is 1. The Morgan fingerprint density at radius 3 is 2.58 bits per heavy atom. The molecule has 1 heterocycles. The van der Waals surface area contributed by atoms with Gasteiger partial charge in [-0.1, -0.05) is 35.3 Å². The number of amides is 2. The summed E-state index contributed by atoms with van der Waals surface area (Å²) in [6, 6.07) is 12.2. The van der Waals surface area contributed by atoms with Gasteiger partial charge in [0, 0.05) is 37.8 Å². The summed E-state index contributed by atoms with van der Waals surface area (Å²) in [7, 11) is 4.11. The second-order valence-corrected chi connectivity index (χ2v) is 10.8. The lowest BCUT2D eigenvalue weighted by Gasteiger charge is -2.22. The molecule has 3 rings (SSSR count). The Morgan fingerprint density at radius 1 is 1.13 bits per heavy atom. The maximum atomic E-state index is 13.1. The molecule has 0 bridgehead atoms. The Hall–Kier alpha value is -2.36. The van der Waals surface area contributed by atoms with Crippen molar-refractivity contribution in [2.45, 2.75) is 44.3 Å². The molecule has 10 heteroatoms. The summed E-state index contributed by atoms with van der Waals surface area (Å²) in [5.41, 5.74) is 7.22. The van der Waals surface area contributed by atoms with Crippen LogP contribution in [0.1, 0.15) is 41.6 Å². The van der Waals surface area contributed by atoms with Gasteiger partial charge >= 0.3 is 0 Å². The predicted molar refractivity (Wildman–Crippen MR) is 153 cm³/mol. The van der Waals surface area contributed by atoms with E-state index in [0.717, 1.165) is 44.8 Å². The minimum Gasteiger partial charge on any atom is -0.494 e. The molecule has 0 spiro atoms. The normalized spacial score (nSPS) is 16.4. The highest BCUT2D eigenvalue weighted by Crippen LogP contribution is 2.23. The van der Waals surface area contributed by atoms with E-state index in [2.05, 4.69) is 46.7 Å². The molecule has 208 valence electrons. The van der Waals surface area contributed by atoms with Gasteiger partial charge < -0.3 is 26.0 Å². The SMILES string of the molecule is CN(C)CCCOc1ccc(CN2CC[C@H](NC(=O)[C@H](CCCN)NC(=O)c3ccc(Cl)c(Cl)c3)C2)cc1. The lowest BCUT2D eigenvalue weighted by atomic mass is 10.1. The molecular formula is C28H39Cl2N5O3. The van der Waals surface area contributed by atoms with Crippen molar-refractivity contribution < 1.29 is 14.3 Å². The Kier molecular flexibility index (Phi) is 12.1. The van der Waals surface area contributed by atoms with E-state index in [4.69, 9.17) is 33.7 Å². The van der Waals surface area contributed by atoms with Crippen LogP contribution in [0.3, 0.4) is 0 Å². The maximum Gasteiger partial charge on any atom is 0.251 e. The van der Waals surface area contributed by atoms with Crippen molar-refractivity contribution >= 4 is 35.0 Å². The Morgan fingerprint density at radius 2 is 1.89 bits per heavy atom. The molecule has 1 aliphatic rings. The summed E-state index contributed by atoms with van der Waals surface area (Å²) in [4.78, 5) is 30.3. The first-order chi connectivity index (χ1) is 18.2. The Labute approximate surface area is 235 Å². The number of nitrogens with zero attached hydrogens (tertiary/aromatic N) is 2. The number of halogens is 2. The number of hydrogen-bond acceptors (Lipinski definition) is 6. The average molecular weight is 565 g/mol. The van der Waals surface area contributed by atoms with Gasteiger partial charge in [-0.15, -0.1) is 0 Å². The van der Waals surface area contributed by atoms with Gasteiger partial charge in [-0.2, -0.15) is 0 Å². The van der Waals surface area contributed by atoms with Crippen molar-refractivity contribution in [3.8, 4) is 5.75 Å². The fourth-order valence-electron chi connectivity index (χ4n) is 4.39. The van der Waals surface area contributed by atoms with Crippen molar-refractivity contribution in [1.82, 2.24) is 20.4 Å². The molecule has 0 aromatic heterocycles. The van der Waals surface area contributed by atoms with Crippen molar-refractivity contribution in [1.29, 1.82) is 0 Å². The van der Waals surface area contributed by atoms with Crippen LogP contribution < -0.4 is 21.1 Å². The quantitative estimate of drug-likeness (QED) is 0.304. The summed E-state index contributed by atoms with van der Waals surface area (Å²) in [6.07, 6.45) is 2.91. The number of carbonyl (C=O) groups is 2. The van der Waals surface area contributed by atoms with E-state index in [0.29, 0.717) is 36.6 Å². The molecule has 0 radical (unpaired) electrons. The topological polar surface area (TPSA) is 99.9 Å². The van der Waals surface area contributed by atoms with E-state index in [9.17, 15) is 9.59 Å². The summed E-state index contributed by atoms with van der Waals surface area (Å²) < 4.78 is 5.82. The van der Waals surface area contributed by atoms with Crippen molar-refractivity contribution in [2.75, 3.05) is 46.9 Å². The third kappa shape index (κ3) is 9.75. The van der Waals surface area contributed by atoms with E-state index in [-0.39, 0.29) is 22.9 Å². The van der Waals surface area contributed by atoms with Gasteiger partial charge in [0.2, 0.25) is 5.91 Å². The van der Waals surface area contributed by atoms with E-state index >= 15 is 0 Å². The van der Waals surface area contributed by atoms with Gasteiger partial charge in [0.25, 0.3) is 5.91 Å². The van der Waals surface area contributed by atoms with E-state index in [1.165, 1.54) is 11.6 Å². The van der Waals surface area contributed by atoms with Crippen molar-refractivity contribution in [2.24, 2.45) is 5.73 Å². The number of ether oxygens (including phenoxy) is 1. The summed E-state index contributed by atoms with van der Waals surface area (Å²) in [5.74, 6) is 0.305. The number of rotatable bonds is 14. The molecule has 0 saturated carbocycles. The highest BCUT2D eigenvalue weighted by Gasteiger charge is 2.28. The second kappa shape index (κ2) is 15.3. The van der Waals surface area contributed by atoms with Gasteiger partial charge in [-0.05, 0) is 82.2 Å². The lowest BCUT2D eigenvalue weighted by Crippen LogP contribution is -2.50. The minimum absolute atomic E-state index is 0.0176. The minimum atomic E-state index is -0.681. The van der Waals surface area contributed by atoms with E-state index < -0.39 is 6.04 Å². The van der Waals surface area contributed by atoms with E-state index in [1.807, 2.05) is 12.1 Å². The molecule has 2 aromatic rings. The molecule has 0 unspecified atom stereocenters. The number of nitrogens with one attached hydrogen (secondary N) is 2. The van der Waals surface area contributed by atoms with Crippen molar-refractivity contribution in [3.05, 3.63) is 63.6 Å². The van der Waals surface area contributed by atoms with E-state index in [1.54, 1.807) is 12.1 Å².